The summed E-state index contributed by atoms with van der Waals surface area (Å²) in [5.74, 6) is 0. The predicted molar refractivity (Wildman–Crippen MR) is 49.0 cm³/mol. The zero-order valence-corrected chi connectivity index (χ0v) is 9.03. The average Bonchev–Trinajstić information content (AvgIpc) is 2.10. The van der Waals surface area contributed by atoms with Crippen molar-refractivity contribution in [2.45, 2.75) is 11.8 Å². The van der Waals surface area contributed by atoms with Crippen LogP contribution in [0.15, 0.2) is 14.7 Å². The number of aryl methyl sites for hydroxylation is 1. The zero-order valence-electron chi connectivity index (χ0n) is 5.06. The molecule has 0 aliphatic rings. The fourth-order valence-electron chi connectivity index (χ4n) is 0.590. The Balaban J connectivity index is 3.15. The van der Waals surface area contributed by atoms with Gasteiger partial charge < -0.3 is 0 Å². The predicted octanol–water partition coefficient (Wildman–Crippen LogP) is 3.08. The summed E-state index contributed by atoms with van der Waals surface area (Å²) in [6, 6.07) is 1.78. The molecule has 0 radical (unpaired) electrons. The van der Waals surface area contributed by atoms with Gasteiger partial charge in [0.05, 0.1) is 8.68 Å². The van der Waals surface area contributed by atoms with Crippen LogP contribution in [-0.2, 0) is 10.0 Å². The van der Waals surface area contributed by atoms with Gasteiger partial charge in [-0.2, -0.15) is 0 Å². The van der Waals surface area contributed by atoms with Crippen molar-refractivity contribution >= 4 is 48.0 Å². The van der Waals surface area contributed by atoms with Crippen molar-refractivity contribution in [3.63, 3.8) is 0 Å². The van der Waals surface area contributed by atoms with Crippen LogP contribution in [0.2, 0.25) is 0 Å². The molecule has 1 atom stereocenters. The summed E-state index contributed by atoms with van der Waals surface area (Å²) in [7, 11) is 4.01. The molecule has 1 rings (SSSR count). The van der Waals surface area contributed by atoms with Crippen LogP contribution in [0.1, 0.15) is 4.88 Å². The highest BCUT2D eigenvalue weighted by atomic mass is 79.9. The maximum Gasteiger partial charge on any atom is 0.148 e. The molecule has 1 aromatic heterocycles. The summed E-state index contributed by atoms with van der Waals surface area (Å²) in [4.78, 5) is 1.71. The van der Waals surface area contributed by atoms with E-state index in [0.29, 0.717) is 4.90 Å². The second kappa shape index (κ2) is 3.34. The van der Waals surface area contributed by atoms with Gasteiger partial charge in [-0.25, -0.2) is 4.21 Å². The Hall–Kier alpha value is 0.620. The molecule has 0 bridgehead atoms. The van der Waals surface area contributed by atoms with Crippen molar-refractivity contribution in [2.24, 2.45) is 0 Å². The van der Waals surface area contributed by atoms with Crippen molar-refractivity contribution in [3.05, 3.63) is 14.7 Å². The number of rotatable bonds is 1. The first-order chi connectivity index (χ1) is 4.61. The molecule has 10 heavy (non-hydrogen) atoms. The molecule has 1 nitrogen and oxygen atoms in total. The molecule has 1 unspecified atom stereocenters. The lowest BCUT2D eigenvalue weighted by Crippen LogP contribution is -1.77. The van der Waals surface area contributed by atoms with E-state index in [-0.39, 0.29) is 0 Å². The fourth-order valence-corrected chi connectivity index (χ4v) is 3.81. The third kappa shape index (κ3) is 1.81. The van der Waals surface area contributed by atoms with Crippen LogP contribution in [0, 0.1) is 6.92 Å². The molecule has 0 saturated heterocycles. The molecule has 5 heteroatoms. The lowest BCUT2D eigenvalue weighted by molar-refractivity contribution is 0.691. The molecule has 0 aliphatic carbocycles. The van der Waals surface area contributed by atoms with Gasteiger partial charge in [0.2, 0.25) is 0 Å². The second-order valence-corrected chi connectivity index (χ2v) is 6.06. The Morgan fingerprint density at radius 3 is 2.60 bits per heavy atom. The molecule has 0 aliphatic heterocycles. The van der Waals surface area contributed by atoms with E-state index >= 15 is 0 Å². The van der Waals surface area contributed by atoms with Gasteiger partial charge in [0, 0.05) is 4.88 Å². The smallest absolute Gasteiger partial charge is 0.148 e. The quantitative estimate of drug-likeness (QED) is 0.709. The molecule has 1 heterocycles. The second-order valence-electron chi connectivity index (χ2n) is 1.69. The standard InChI is InChI=1S/C5H4BrClOS2/c1-3-4(10(7)8)2-5(6)9-3/h2H,1H3. The molecule has 1 aromatic rings. The van der Waals surface area contributed by atoms with Gasteiger partial charge in [-0.05, 0) is 39.6 Å². The van der Waals surface area contributed by atoms with Gasteiger partial charge in [0.1, 0.15) is 10.0 Å². The van der Waals surface area contributed by atoms with Crippen molar-refractivity contribution in [1.29, 1.82) is 0 Å². The van der Waals surface area contributed by atoms with E-state index in [1.807, 2.05) is 6.92 Å². The van der Waals surface area contributed by atoms with Gasteiger partial charge in [-0.15, -0.1) is 11.3 Å². The number of thiophene rings is 1. The highest BCUT2D eigenvalue weighted by Crippen LogP contribution is 2.29. The Kier molecular flexibility index (Phi) is 2.91. The molecular formula is C5H4BrClOS2. The van der Waals surface area contributed by atoms with E-state index in [0.717, 1.165) is 8.66 Å². The van der Waals surface area contributed by atoms with Crippen LogP contribution in [0.3, 0.4) is 0 Å². The Labute approximate surface area is 78.5 Å². The SMILES string of the molecule is Cc1sc(Br)cc1S(=O)Cl. The first-order valence-electron chi connectivity index (χ1n) is 2.45. The van der Waals surface area contributed by atoms with E-state index < -0.39 is 10.0 Å². The van der Waals surface area contributed by atoms with Gasteiger partial charge in [-0.1, -0.05) is 0 Å². The summed E-state index contributed by atoms with van der Waals surface area (Å²) in [6.45, 7) is 1.89. The van der Waals surface area contributed by atoms with Gasteiger partial charge in [0.25, 0.3) is 0 Å². The molecule has 0 aromatic carbocycles. The third-order valence-corrected chi connectivity index (χ3v) is 3.97. The average molecular weight is 260 g/mol. The van der Waals surface area contributed by atoms with Crippen molar-refractivity contribution in [2.75, 3.05) is 0 Å². The van der Waals surface area contributed by atoms with Crippen LogP contribution in [0.5, 0.6) is 0 Å². The highest BCUT2D eigenvalue weighted by Gasteiger charge is 2.07. The number of halogens is 2. The molecule has 56 valence electrons. The monoisotopic (exact) mass is 258 g/mol. The van der Waals surface area contributed by atoms with E-state index in [4.69, 9.17) is 10.7 Å². The topological polar surface area (TPSA) is 17.1 Å². The van der Waals surface area contributed by atoms with Crippen molar-refractivity contribution in [1.82, 2.24) is 0 Å². The Morgan fingerprint density at radius 2 is 2.40 bits per heavy atom. The van der Waals surface area contributed by atoms with Gasteiger partial charge >= 0.3 is 0 Å². The van der Waals surface area contributed by atoms with Gasteiger partial charge in [-0.3, -0.25) is 0 Å². The van der Waals surface area contributed by atoms with Crippen LogP contribution in [0.25, 0.3) is 0 Å². The molecule has 0 amide bonds. The van der Waals surface area contributed by atoms with E-state index in [9.17, 15) is 4.21 Å². The first kappa shape index (κ1) is 8.71. The highest BCUT2D eigenvalue weighted by molar-refractivity contribution is 9.11. The summed E-state index contributed by atoms with van der Waals surface area (Å²) in [5.41, 5.74) is 0. The van der Waals surface area contributed by atoms with E-state index in [1.165, 1.54) is 11.3 Å². The summed E-state index contributed by atoms with van der Waals surface area (Å²) in [5, 5.41) is 0. The maximum atomic E-state index is 10.7. The number of hydrogen-bond donors (Lipinski definition) is 0. The van der Waals surface area contributed by atoms with Crippen molar-refractivity contribution < 1.29 is 4.21 Å². The van der Waals surface area contributed by atoms with E-state index in [2.05, 4.69) is 15.9 Å². The number of hydrogen-bond acceptors (Lipinski definition) is 2. The van der Waals surface area contributed by atoms with Gasteiger partial charge in [0.15, 0.2) is 0 Å². The van der Waals surface area contributed by atoms with E-state index in [1.54, 1.807) is 6.07 Å². The summed E-state index contributed by atoms with van der Waals surface area (Å²) in [6.07, 6.45) is 0. The Bertz CT molecular complexity index is 271. The minimum atomic E-state index is -1.37. The van der Waals surface area contributed by atoms with Crippen LogP contribution < -0.4 is 0 Å². The minimum Gasteiger partial charge on any atom is -0.237 e. The molecular weight excluding hydrogens is 256 g/mol. The summed E-state index contributed by atoms with van der Waals surface area (Å²) >= 11 is 4.81. The fraction of sp³-hybridized carbons (Fsp3) is 0.200. The normalized spacial score (nSPS) is 13.5. The van der Waals surface area contributed by atoms with Crippen LogP contribution in [-0.4, -0.2) is 4.21 Å². The molecule has 0 saturated carbocycles. The minimum absolute atomic E-state index is 0.707. The molecule has 0 spiro atoms. The molecule has 0 fully saturated rings. The zero-order chi connectivity index (χ0) is 7.72. The lowest BCUT2D eigenvalue weighted by atomic mass is 10.5. The Morgan fingerprint density at radius 1 is 1.80 bits per heavy atom. The summed E-state index contributed by atoms with van der Waals surface area (Å²) < 4.78 is 11.7. The largest absolute Gasteiger partial charge is 0.237 e. The third-order valence-electron chi connectivity index (χ3n) is 1.02. The maximum absolute atomic E-state index is 10.7. The first-order valence-corrected chi connectivity index (χ1v) is 6.04. The van der Waals surface area contributed by atoms with Crippen molar-refractivity contribution in [3.8, 4) is 0 Å². The van der Waals surface area contributed by atoms with Crippen LogP contribution >= 0.6 is 37.9 Å². The molecule has 0 N–H and O–H groups in total. The lowest BCUT2D eigenvalue weighted by Gasteiger charge is -1.86. The van der Waals surface area contributed by atoms with Crippen LogP contribution in [0.4, 0.5) is 0 Å².